The Hall–Kier alpha value is -1.77. The second-order valence-corrected chi connectivity index (χ2v) is 7.81. The maximum atomic E-state index is 11.8. The lowest BCUT2D eigenvalue weighted by molar-refractivity contribution is -0.116. The van der Waals surface area contributed by atoms with Crippen LogP contribution in [0, 0.1) is 0 Å². The lowest BCUT2D eigenvalue weighted by Crippen LogP contribution is -2.21. The van der Waals surface area contributed by atoms with Crippen molar-refractivity contribution in [2.75, 3.05) is 6.54 Å². The Morgan fingerprint density at radius 1 is 0.786 bits per heavy atom. The number of carbonyl (C=O) groups is 1. The quantitative estimate of drug-likeness (QED) is 0.223. The summed E-state index contributed by atoms with van der Waals surface area (Å²) in [6, 6.07) is 6.80. The van der Waals surface area contributed by atoms with Crippen molar-refractivity contribution in [3.8, 4) is 5.75 Å². The highest BCUT2D eigenvalue weighted by Gasteiger charge is 1.97. The van der Waals surface area contributed by atoms with Crippen LogP contribution in [0.2, 0.25) is 0 Å². The Kier molecular flexibility index (Phi) is 15.0. The zero-order chi connectivity index (χ0) is 20.3. The standard InChI is InChI=1S/C25H41NO2/c1-2-3-4-5-6-7-8-9-10-11-12-13-14-15-22-26-25(28)21-18-23-16-19-24(27)20-17-23/h16-21,27H,2-15,22H2,1H3,(H,26,28)/b21-18+. The van der Waals surface area contributed by atoms with E-state index in [4.69, 9.17) is 0 Å². The van der Waals surface area contributed by atoms with Crippen LogP contribution < -0.4 is 5.32 Å². The van der Waals surface area contributed by atoms with E-state index < -0.39 is 0 Å². The van der Waals surface area contributed by atoms with Gasteiger partial charge < -0.3 is 10.4 Å². The van der Waals surface area contributed by atoms with Crippen molar-refractivity contribution in [2.45, 2.75) is 96.8 Å². The van der Waals surface area contributed by atoms with Crippen LogP contribution in [0.4, 0.5) is 0 Å². The normalized spacial score (nSPS) is 11.2. The third kappa shape index (κ3) is 14.3. The highest BCUT2D eigenvalue weighted by Crippen LogP contribution is 2.13. The van der Waals surface area contributed by atoms with Crippen LogP contribution >= 0.6 is 0 Å². The van der Waals surface area contributed by atoms with Crippen molar-refractivity contribution in [1.29, 1.82) is 0 Å². The van der Waals surface area contributed by atoms with Crippen LogP contribution in [0.15, 0.2) is 30.3 Å². The van der Waals surface area contributed by atoms with Crippen molar-refractivity contribution in [3.63, 3.8) is 0 Å². The first kappa shape index (κ1) is 24.3. The number of hydrogen-bond donors (Lipinski definition) is 2. The predicted molar refractivity (Wildman–Crippen MR) is 120 cm³/mol. The number of phenolic OH excluding ortho intramolecular Hbond substituents is 1. The van der Waals surface area contributed by atoms with Gasteiger partial charge in [-0.2, -0.15) is 0 Å². The van der Waals surface area contributed by atoms with Gasteiger partial charge in [0.05, 0.1) is 0 Å². The molecule has 1 rings (SSSR count). The van der Waals surface area contributed by atoms with Gasteiger partial charge in [-0.05, 0) is 30.2 Å². The fourth-order valence-corrected chi connectivity index (χ4v) is 3.35. The molecule has 3 nitrogen and oxygen atoms in total. The third-order valence-corrected chi connectivity index (χ3v) is 5.15. The lowest BCUT2D eigenvalue weighted by Gasteiger charge is -2.04. The molecule has 28 heavy (non-hydrogen) atoms. The fourth-order valence-electron chi connectivity index (χ4n) is 3.35. The third-order valence-electron chi connectivity index (χ3n) is 5.15. The molecule has 0 aromatic heterocycles. The first-order valence-corrected chi connectivity index (χ1v) is 11.5. The molecule has 0 aliphatic rings. The van der Waals surface area contributed by atoms with Crippen molar-refractivity contribution in [1.82, 2.24) is 5.32 Å². The summed E-state index contributed by atoms with van der Waals surface area (Å²) in [4.78, 5) is 11.8. The SMILES string of the molecule is CCCCCCCCCCCCCCCCNC(=O)/C=C/c1ccc(O)cc1. The van der Waals surface area contributed by atoms with Crippen LogP contribution in [-0.4, -0.2) is 17.6 Å². The number of phenols is 1. The average Bonchev–Trinajstić information content (AvgIpc) is 2.70. The minimum atomic E-state index is -0.0530. The van der Waals surface area contributed by atoms with Gasteiger partial charge >= 0.3 is 0 Å². The average molecular weight is 388 g/mol. The molecule has 158 valence electrons. The molecule has 0 aliphatic carbocycles. The molecule has 1 aromatic carbocycles. The zero-order valence-corrected chi connectivity index (χ0v) is 17.9. The Morgan fingerprint density at radius 2 is 1.25 bits per heavy atom. The molecule has 2 N–H and O–H groups in total. The predicted octanol–water partition coefficient (Wildman–Crippen LogP) is 7.00. The van der Waals surface area contributed by atoms with E-state index in [1.807, 2.05) is 0 Å². The molecule has 0 spiro atoms. The number of carbonyl (C=O) groups excluding carboxylic acids is 1. The Balaban J connectivity index is 1.84. The minimum absolute atomic E-state index is 0.0530. The molecule has 3 heteroatoms. The van der Waals surface area contributed by atoms with E-state index in [1.165, 1.54) is 83.5 Å². The highest BCUT2D eigenvalue weighted by atomic mass is 16.3. The molecule has 0 fully saturated rings. The van der Waals surface area contributed by atoms with Gasteiger partial charge in [0, 0.05) is 12.6 Å². The van der Waals surface area contributed by atoms with Gasteiger partial charge in [-0.1, -0.05) is 103 Å². The molecule has 0 heterocycles. The second kappa shape index (κ2) is 17.3. The number of amides is 1. The summed E-state index contributed by atoms with van der Waals surface area (Å²) in [7, 11) is 0. The summed E-state index contributed by atoms with van der Waals surface area (Å²) in [5.74, 6) is 0.183. The van der Waals surface area contributed by atoms with Crippen molar-refractivity contribution in [2.24, 2.45) is 0 Å². The summed E-state index contributed by atoms with van der Waals surface area (Å²) in [6.45, 7) is 3.02. The largest absolute Gasteiger partial charge is 0.508 e. The molecule has 1 aromatic rings. The van der Waals surface area contributed by atoms with Gasteiger partial charge in [-0.15, -0.1) is 0 Å². The number of benzene rings is 1. The summed E-state index contributed by atoms with van der Waals surface area (Å²) in [6.07, 6.45) is 22.2. The van der Waals surface area contributed by atoms with E-state index in [9.17, 15) is 9.90 Å². The Bertz CT molecular complexity index is 522. The summed E-state index contributed by atoms with van der Waals surface area (Å²) >= 11 is 0. The van der Waals surface area contributed by atoms with Crippen molar-refractivity contribution >= 4 is 12.0 Å². The van der Waals surface area contributed by atoms with Crippen LogP contribution in [0.5, 0.6) is 5.75 Å². The highest BCUT2D eigenvalue weighted by molar-refractivity contribution is 5.91. The van der Waals surface area contributed by atoms with E-state index in [0.29, 0.717) is 0 Å². The van der Waals surface area contributed by atoms with Crippen molar-refractivity contribution in [3.05, 3.63) is 35.9 Å². The van der Waals surface area contributed by atoms with Gasteiger partial charge in [-0.3, -0.25) is 4.79 Å². The van der Waals surface area contributed by atoms with Crippen LogP contribution in [-0.2, 0) is 4.79 Å². The number of hydrogen-bond acceptors (Lipinski definition) is 2. The van der Waals surface area contributed by atoms with E-state index in [1.54, 1.807) is 36.4 Å². The fraction of sp³-hybridized carbons (Fsp3) is 0.640. The second-order valence-electron chi connectivity index (χ2n) is 7.81. The molecule has 0 unspecified atom stereocenters. The molecule has 1 amide bonds. The zero-order valence-electron chi connectivity index (χ0n) is 17.9. The molecular formula is C25H41NO2. The molecule has 0 saturated heterocycles. The first-order valence-electron chi connectivity index (χ1n) is 11.5. The summed E-state index contributed by atoms with van der Waals surface area (Å²) in [5.41, 5.74) is 0.907. The maximum Gasteiger partial charge on any atom is 0.243 e. The lowest BCUT2D eigenvalue weighted by atomic mass is 10.0. The van der Waals surface area contributed by atoms with Crippen LogP contribution in [0.25, 0.3) is 6.08 Å². The van der Waals surface area contributed by atoms with E-state index >= 15 is 0 Å². The Morgan fingerprint density at radius 3 is 1.75 bits per heavy atom. The van der Waals surface area contributed by atoms with Gasteiger partial charge in [0.25, 0.3) is 0 Å². The molecule has 0 atom stereocenters. The molecular weight excluding hydrogens is 346 g/mol. The smallest absolute Gasteiger partial charge is 0.243 e. The van der Waals surface area contributed by atoms with Gasteiger partial charge in [0.2, 0.25) is 5.91 Å². The summed E-state index contributed by atoms with van der Waals surface area (Å²) in [5, 5.41) is 12.2. The summed E-state index contributed by atoms with van der Waals surface area (Å²) < 4.78 is 0. The van der Waals surface area contributed by atoms with Gasteiger partial charge in [0.1, 0.15) is 5.75 Å². The first-order chi connectivity index (χ1) is 13.7. The number of nitrogens with one attached hydrogen (secondary N) is 1. The van der Waals surface area contributed by atoms with Crippen LogP contribution in [0.3, 0.4) is 0 Å². The van der Waals surface area contributed by atoms with Crippen LogP contribution in [0.1, 0.15) is 102 Å². The Labute approximate surface area is 172 Å². The number of rotatable bonds is 17. The number of aromatic hydroxyl groups is 1. The monoisotopic (exact) mass is 387 g/mol. The number of unbranched alkanes of at least 4 members (excludes halogenated alkanes) is 13. The molecule has 0 bridgehead atoms. The van der Waals surface area contributed by atoms with Crippen molar-refractivity contribution < 1.29 is 9.90 Å². The van der Waals surface area contributed by atoms with E-state index in [0.717, 1.165) is 18.5 Å². The molecule has 0 aliphatic heterocycles. The topological polar surface area (TPSA) is 49.3 Å². The molecule has 0 saturated carbocycles. The van der Waals surface area contributed by atoms with E-state index in [2.05, 4.69) is 12.2 Å². The van der Waals surface area contributed by atoms with E-state index in [-0.39, 0.29) is 11.7 Å². The van der Waals surface area contributed by atoms with Gasteiger partial charge in [0.15, 0.2) is 0 Å². The maximum absolute atomic E-state index is 11.8. The minimum Gasteiger partial charge on any atom is -0.508 e. The molecule has 0 radical (unpaired) electrons. The van der Waals surface area contributed by atoms with Gasteiger partial charge in [-0.25, -0.2) is 0 Å².